The molecule has 0 aliphatic heterocycles. The van der Waals surface area contributed by atoms with E-state index in [1.807, 2.05) is 18.2 Å². The van der Waals surface area contributed by atoms with Crippen LogP contribution in [-0.2, 0) is 5.60 Å². The summed E-state index contributed by atoms with van der Waals surface area (Å²) in [7, 11) is 1.59. The molecule has 1 aromatic heterocycles. The van der Waals surface area contributed by atoms with Gasteiger partial charge in [-0.2, -0.15) is 0 Å². The van der Waals surface area contributed by atoms with E-state index < -0.39 is 5.60 Å². The van der Waals surface area contributed by atoms with Crippen LogP contribution in [0, 0.1) is 0 Å². The fourth-order valence-electron chi connectivity index (χ4n) is 1.62. The first-order valence-corrected chi connectivity index (χ1v) is 5.28. The summed E-state index contributed by atoms with van der Waals surface area (Å²) in [6, 6.07) is 7.28. The van der Waals surface area contributed by atoms with Crippen LogP contribution in [0.25, 0.3) is 0 Å². The lowest BCUT2D eigenvalue weighted by Gasteiger charge is -2.23. The van der Waals surface area contributed by atoms with Crippen LogP contribution in [0.15, 0.2) is 42.9 Å². The van der Waals surface area contributed by atoms with Gasteiger partial charge in [-0.25, -0.2) is 0 Å². The molecule has 1 heterocycles. The smallest absolute Gasteiger partial charge is 0.130 e. The number of hydrogen-bond donors (Lipinski definition) is 1. The second-order valence-electron chi connectivity index (χ2n) is 3.89. The van der Waals surface area contributed by atoms with Crippen molar-refractivity contribution in [1.82, 2.24) is 9.97 Å². The zero-order chi connectivity index (χ0) is 12.3. The Morgan fingerprint density at radius 1 is 1.29 bits per heavy atom. The van der Waals surface area contributed by atoms with E-state index in [2.05, 4.69) is 9.97 Å². The van der Waals surface area contributed by atoms with Crippen molar-refractivity contribution in [2.75, 3.05) is 7.11 Å². The quantitative estimate of drug-likeness (QED) is 0.872. The SMILES string of the molecule is COc1cccc(C(C)(O)c2cnccn2)c1. The average Bonchev–Trinajstić information content (AvgIpc) is 2.40. The highest BCUT2D eigenvalue weighted by atomic mass is 16.5. The van der Waals surface area contributed by atoms with Gasteiger partial charge in [0.05, 0.1) is 19.0 Å². The highest BCUT2D eigenvalue weighted by Crippen LogP contribution is 2.29. The zero-order valence-electron chi connectivity index (χ0n) is 9.79. The maximum absolute atomic E-state index is 10.5. The molecule has 17 heavy (non-hydrogen) atoms. The Bertz CT molecular complexity index is 498. The third-order valence-electron chi connectivity index (χ3n) is 2.69. The normalized spacial score (nSPS) is 14.1. The Labute approximate surface area is 99.9 Å². The molecule has 2 aromatic rings. The number of benzene rings is 1. The zero-order valence-corrected chi connectivity index (χ0v) is 9.79. The molecule has 0 spiro atoms. The minimum Gasteiger partial charge on any atom is -0.497 e. The van der Waals surface area contributed by atoms with E-state index in [4.69, 9.17) is 4.74 Å². The van der Waals surface area contributed by atoms with Crippen LogP contribution >= 0.6 is 0 Å². The van der Waals surface area contributed by atoms with Crippen LogP contribution < -0.4 is 4.74 Å². The van der Waals surface area contributed by atoms with Crippen LogP contribution in [-0.4, -0.2) is 22.2 Å². The monoisotopic (exact) mass is 230 g/mol. The largest absolute Gasteiger partial charge is 0.497 e. The van der Waals surface area contributed by atoms with Crippen LogP contribution in [0.4, 0.5) is 0 Å². The average molecular weight is 230 g/mol. The van der Waals surface area contributed by atoms with Crippen molar-refractivity contribution >= 4 is 0 Å². The number of rotatable bonds is 3. The van der Waals surface area contributed by atoms with Gasteiger partial charge < -0.3 is 9.84 Å². The Morgan fingerprint density at radius 3 is 2.76 bits per heavy atom. The molecule has 0 saturated carbocycles. The molecule has 1 unspecified atom stereocenters. The number of hydrogen-bond acceptors (Lipinski definition) is 4. The summed E-state index contributed by atoms with van der Waals surface area (Å²) in [5, 5.41) is 10.5. The number of ether oxygens (including phenoxy) is 1. The van der Waals surface area contributed by atoms with E-state index in [0.29, 0.717) is 11.4 Å². The second kappa shape index (κ2) is 4.51. The van der Waals surface area contributed by atoms with Crippen LogP contribution in [0.1, 0.15) is 18.2 Å². The van der Waals surface area contributed by atoms with E-state index in [-0.39, 0.29) is 0 Å². The lowest BCUT2D eigenvalue weighted by Crippen LogP contribution is -2.24. The summed E-state index contributed by atoms with van der Waals surface area (Å²) in [6.45, 7) is 1.69. The first-order valence-electron chi connectivity index (χ1n) is 5.28. The van der Waals surface area contributed by atoms with E-state index in [9.17, 15) is 5.11 Å². The van der Waals surface area contributed by atoms with Gasteiger partial charge in [0.1, 0.15) is 11.4 Å². The van der Waals surface area contributed by atoms with Crippen molar-refractivity contribution in [2.45, 2.75) is 12.5 Å². The minimum absolute atomic E-state index is 0.508. The number of methoxy groups -OCH3 is 1. The molecule has 0 fully saturated rings. The standard InChI is InChI=1S/C13H14N2O2/c1-13(16,12-9-14-6-7-15-12)10-4-3-5-11(8-10)17-2/h3-9,16H,1-2H3. The van der Waals surface area contributed by atoms with Crippen molar-refractivity contribution in [3.8, 4) is 5.75 Å². The molecule has 0 radical (unpaired) electrons. The van der Waals surface area contributed by atoms with Crippen molar-refractivity contribution in [1.29, 1.82) is 0 Å². The molecule has 0 aliphatic rings. The summed E-state index contributed by atoms with van der Waals surface area (Å²) < 4.78 is 5.14. The van der Waals surface area contributed by atoms with Crippen LogP contribution in [0.2, 0.25) is 0 Å². The van der Waals surface area contributed by atoms with E-state index >= 15 is 0 Å². The molecule has 1 N–H and O–H groups in total. The Kier molecular flexibility index (Phi) is 3.06. The molecule has 4 heteroatoms. The van der Waals surface area contributed by atoms with Crippen LogP contribution in [0.5, 0.6) is 5.75 Å². The number of nitrogens with zero attached hydrogens (tertiary/aromatic N) is 2. The maximum atomic E-state index is 10.5. The van der Waals surface area contributed by atoms with Gasteiger partial charge in [0, 0.05) is 12.4 Å². The predicted octanol–water partition coefficient (Wildman–Crippen LogP) is 1.74. The van der Waals surface area contributed by atoms with Gasteiger partial charge in [0.15, 0.2) is 0 Å². The topological polar surface area (TPSA) is 55.2 Å². The van der Waals surface area contributed by atoms with Gasteiger partial charge >= 0.3 is 0 Å². The molecule has 2 rings (SSSR count). The highest BCUT2D eigenvalue weighted by molar-refractivity contribution is 5.36. The van der Waals surface area contributed by atoms with Crippen molar-refractivity contribution in [2.24, 2.45) is 0 Å². The van der Waals surface area contributed by atoms with Gasteiger partial charge in [-0.15, -0.1) is 0 Å². The molecule has 1 aromatic carbocycles. The number of aliphatic hydroxyl groups is 1. The fraction of sp³-hybridized carbons (Fsp3) is 0.231. The van der Waals surface area contributed by atoms with Gasteiger partial charge in [-0.1, -0.05) is 12.1 Å². The summed E-state index contributed by atoms with van der Waals surface area (Å²) in [4.78, 5) is 8.09. The molecular formula is C13H14N2O2. The Balaban J connectivity index is 2.44. The Hall–Kier alpha value is -1.94. The lowest BCUT2D eigenvalue weighted by molar-refractivity contribution is 0.0966. The fourth-order valence-corrected chi connectivity index (χ4v) is 1.62. The highest BCUT2D eigenvalue weighted by Gasteiger charge is 2.27. The van der Waals surface area contributed by atoms with Gasteiger partial charge in [-0.05, 0) is 24.6 Å². The van der Waals surface area contributed by atoms with E-state index in [1.165, 1.54) is 0 Å². The van der Waals surface area contributed by atoms with E-state index in [1.54, 1.807) is 38.7 Å². The Morgan fingerprint density at radius 2 is 2.12 bits per heavy atom. The third-order valence-corrected chi connectivity index (χ3v) is 2.69. The van der Waals surface area contributed by atoms with Gasteiger partial charge in [-0.3, -0.25) is 9.97 Å². The summed E-state index contributed by atoms with van der Waals surface area (Å²) in [5.74, 6) is 0.701. The maximum Gasteiger partial charge on any atom is 0.130 e. The molecule has 88 valence electrons. The predicted molar refractivity (Wildman–Crippen MR) is 63.7 cm³/mol. The van der Waals surface area contributed by atoms with Crippen molar-refractivity contribution in [3.05, 3.63) is 54.1 Å². The molecule has 0 aliphatic carbocycles. The molecular weight excluding hydrogens is 216 g/mol. The lowest BCUT2D eigenvalue weighted by atomic mass is 9.92. The molecule has 0 saturated heterocycles. The first-order chi connectivity index (χ1) is 8.14. The first kappa shape index (κ1) is 11.5. The summed E-state index contributed by atoms with van der Waals surface area (Å²) in [6.07, 6.45) is 4.69. The summed E-state index contributed by atoms with van der Waals surface area (Å²) >= 11 is 0. The van der Waals surface area contributed by atoms with Crippen LogP contribution in [0.3, 0.4) is 0 Å². The minimum atomic E-state index is -1.18. The van der Waals surface area contributed by atoms with Crippen molar-refractivity contribution in [3.63, 3.8) is 0 Å². The second-order valence-corrected chi connectivity index (χ2v) is 3.89. The van der Waals surface area contributed by atoms with Gasteiger partial charge in [0.2, 0.25) is 0 Å². The molecule has 1 atom stereocenters. The van der Waals surface area contributed by atoms with Crippen molar-refractivity contribution < 1.29 is 9.84 Å². The third kappa shape index (κ3) is 2.26. The van der Waals surface area contributed by atoms with E-state index in [0.717, 1.165) is 5.56 Å². The summed E-state index contributed by atoms with van der Waals surface area (Å²) in [5.41, 5.74) is 0.0496. The van der Waals surface area contributed by atoms with Gasteiger partial charge in [0.25, 0.3) is 0 Å². The number of aromatic nitrogens is 2. The molecule has 0 amide bonds. The molecule has 4 nitrogen and oxygen atoms in total. The molecule has 0 bridgehead atoms.